The molecule has 0 atom stereocenters. The van der Waals surface area contributed by atoms with Crippen LogP contribution < -0.4 is 0 Å². The van der Waals surface area contributed by atoms with E-state index in [-0.39, 0.29) is 5.69 Å². The Morgan fingerprint density at radius 1 is 1.67 bits per heavy atom. The zero-order chi connectivity index (χ0) is 10.7. The minimum atomic E-state index is -0.482. The van der Waals surface area contributed by atoms with Crippen molar-refractivity contribution in [3.8, 4) is 10.8 Å². The maximum Gasteiger partial charge on any atom is 0.360 e. The molecule has 0 fully saturated rings. The molecule has 0 N–H and O–H groups in total. The fourth-order valence-corrected chi connectivity index (χ4v) is 1.61. The van der Waals surface area contributed by atoms with Crippen LogP contribution in [0.15, 0.2) is 22.2 Å². The third kappa shape index (κ3) is 2.04. The van der Waals surface area contributed by atoms with E-state index >= 15 is 0 Å². The number of carbonyl (C=O) groups is 1. The summed E-state index contributed by atoms with van der Waals surface area (Å²) in [5, 5.41) is 6.12. The number of carbonyl (C=O) groups excluding carboxylic acids is 1. The molecule has 0 spiro atoms. The van der Waals surface area contributed by atoms with Crippen molar-refractivity contribution in [1.29, 1.82) is 0 Å². The second kappa shape index (κ2) is 4.22. The molecule has 0 bridgehead atoms. The summed E-state index contributed by atoms with van der Waals surface area (Å²) >= 11 is 1.42. The lowest BCUT2D eigenvalue weighted by molar-refractivity contribution is 0.0514. The monoisotopic (exact) mass is 224 g/mol. The molecule has 2 rings (SSSR count). The van der Waals surface area contributed by atoms with Crippen LogP contribution in [0.2, 0.25) is 0 Å². The number of ether oxygens (including phenoxy) is 1. The van der Waals surface area contributed by atoms with Gasteiger partial charge in [-0.15, -0.1) is 11.3 Å². The summed E-state index contributed by atoms with van der Waals surface area (Å²) in [5.41, 5.74) is 0.169. The van der Waals surface area contributed by atoms with Crippen molar-refractivity contribution < 1.29 is 14.1 Å². The van der Waals surface area contributed by atoms with Gasteiger partial charge < -0.3 is 9.26 Å². The molecular formula is C9H8N2O3S. The maximum absolute atomic E-state index is 11.3. The van der Waals surface area contributed by atoms with E-state index in [9.17, 15) is 4.79 Å². The summed E-state index contributed by atoms with van der Waals surface area (Å²) in [5.74, 6) is -0.00268. The summed E-state index contributed by atoms with van der Waals surface area (Å²) in [6.45, 7) is 2.05. The van der Waals surface area contributed by atoms with Crippen LogP contribution >= 0.6 is 11.3 Å². The van der Waals surface area contributed by atoms with Gasteiger partial charge in [-0.2, -0.15) is 0 Å². The van der Waals surface area contributed by atoms with E-state index in [4.69, 9.17) is 9.26 Å². The Hall–Kier alpha value is -1.69. The van der Waals surface area contributed by atoms with Crippen LogP contribution in [0.5, 0.6) is 0 Å². The van der Waals surface area contributed by atoms with E-state index in [0.29, 0.717) is 17.4 Å². The van der Waals surface area contributed by atoms with Gasteiger partial charge in [0.05, 0.1) is 6.61 Å². The average Bonchev–Trinajstić information content (AvgIpc) is 2.89. The Bertz CT molecular complexity index is 450. The van der Waals surface area contributed by atoms with Crippen LogP contribution in [0.4, 0.5) is 0 Å². The average molecular weight is 224 g/mol. The molecule has 0 aliphatic carbocycles. The molecule has 0 amide bonds. The topological polar surface area (TPSA) is 65.2 Å². The normalized spacial score (nSPS) is 10.2. The van der Waals surface area contributed by atoms with E-state index in [1.165, 1.54) is 17.4 Å². The highest BCUT2D eigenvalue weighted by Gasteiger charge is 2.15. The van der Waals surface area contributed by atoms with Gasteiger partial charge in [0.2, 0.25) is 0 Å². The number of esters is 1. The predicted octanol–water partition coefficient (Wildman–Crippen LogP) is 1.97. The quantitative estimate of drug-likeness (QED) is 0.746. The van der Waals surface area contributed by atoms with Crippen molar-refractivity contribution in [1.82, 2.24) is 10.1 Å². The Balaban J connectivity index is 2.21. The lowest BCUT2D eigenvalue weighted by Gasteiger charge is -1.94. The van der Waals surface area contributed by atoms with Crippen molar-refractivity contribution in [2.24, 2.45) is 0 Å². The van der Waals surface area contributed by atoms with Gasteiger partial charge in [0.1, 0.15) is 0 Å². The molecule has 78 valence electrons. The van der Waals surface area contributed by atoms with Gasteiger partial charge in [0.15, 0.2) is 16.5 Å². The zero-order valence-corrected chi connectivity index (χ0v) is 8.78. The fourth-order valence-electron chi connectivity index (χ4n) is 1.02. The first-order valence-corrected chi connectivity index (χ1v) is 5.23. The second-order valence-corrected chi connectivity index (χ2v) is 3.53. The molecule has 0 aromatic carbocycles. The van der Waals surface area contributed by atoms with Crippen LogP contribution in [0, 0.1) is 0 Å². The molecule has 0 saturated carbocycles. The third-order valence-corrected chi connectivity index (χ3v) is 2.43. The molecule has 0 aliphatic heterocycles. The molecule has 0 unspecified atom stereocenters. The first-order valence-electron chi connectivity index (χ1n) is 4.35. The molecule has 2 heterocycles. The summed E-state index contributed by atoms with van der Waals surface area (Å²) in [7, 11) is 0. The van der Waals surface area contributed by atoms with E-state index in [1.807, 2.05) is 5.38 Å². The Labute approximate surface area is 89.7 Å². The Morgan fingerprint density at radius 3 is 3.20 bits per heavy atom. The summed E-state index contributed by atoms with van der Waals surface area (Å²) < 4.78 is 9.75. The van der Waals surface area contributed by atoms with Crippen LogP contribution in [0.25, 0.3) is 10.8 Å². The largest absolute Gasteiger partial charge is 0.461 e. The highest BCUT2D eigenvalue weighted by atomic mass is 32.1. The van der Waals surface area contributed by atoms with Gasteiger partial charge >= 0.3 is 5.97 Å². The van der Waals surface area contributed by atoms with Crippen molar-refractivity contribution >= 4 is 17.3 Å². The number of hydrogen-bond acceptors (Lipinski definition) is 6. The molecule has 2 aromatic heterocycles. The van der Waals surface area contributed by atoms with Crippen molar-refractivity contribution in [3.05, 3.63) is 23.3 Å². The Morgan fingerprint density at radius 2 is 2.53 bits per heavy atom. The van der Waals surface area contributed by atoms with Gasteiger partial charge in [0.25, 0.3) is 0 Å². The molecule has 6 heteroatoms. The fraction of sp³-hybridized carbons (Fsp3) is 0.222. The number of thiazole rings is 1. The standard InChI is InChI=1S/C9H8N2O3S/c1-2-13-9(12)6-5-7(14-11-6)8-10-3-4-15-8/h3-5H,2H2,1H3. The zero-order valence-electron chi connectivity index (χ0n) is 7.97. The van der Waals surface area contributed by atoms with E-state index < -0.39 is 5.97 Å². The molecule has 0 aliphatic rings. The molecule has 0 saturated heterocycles. The van der Waals surface area contributed by atoms with Crippen LogP contribution in [0.3, 0.4) is 0 Å². The summed E-state index contributed by atoms with van der Waals surface area (Å²) in [4.78, 5) is 15.3. The number of nitrogens with zero attached hydrogens (tertiary/aromatic N) is 2. The molecular weight excluding hydrogens is 216 g/mol. The molecule has 0 radical (unpaired) electrons. The van der Waals surface area contributed by atoms with Crippen molar-refractivity contribution in [2.45, 2.75) is 6.92 Å². The molecule has 5 nitrogen and oxygen atoms in total. The lowest BCUT2D eigenvalue weighted by atomic mass is 10.4. The van der Waals surface area contributed by atoms with E-state index in [2.05, 4.69) is 10.1 Å². The minimum Gasteiger partial charge on any atom is -0.461 e. The minimum absolute atomic E-state index is 0.169. The number of aromatic nitrogens is 2. The Kier molecular flexibility index (Phi) is 2.77. The first-order chi connectivity index (χ1) is 7.31. The van der Waals surface area contributed by atoms with E-state index in [1.54, 1.807) is 13.1 Å². The van der Waals surface area contributed by atoms with Gasteiger partial charge in [-0.3, -0.25) is 0 Å². The third-order valence-electron chi connectivity index (χ3n) is 1.64. The number of hydrogen-bond donors (Lipinski definition) is 0. The van der Waals surface area contributed by atoms with E-state index in [0.717, 1.165) is 0 Å². The smallest absolute Gasteiger partial charge is 0.360 e. The maximum atomic E-state index is 11.3. The second-order valence-electron chi connectivity index (χ2n) is 2.63. The highest BCUT2D eigenvalue weighted by molar-refractivity contribution is 7.13. The SMILES string of the molecule is CCOC(=O)c1cc(-c2nccs2)on1. The van der Waals surface area contributed by atoms with Gasteiger partial charge in [-0.25, -0.2) is 9.78 Å². The first kappa shape index (κ1) is 9.85. The predicted molar refractivity (Wildman–Crippen MR) is 53.6 cm³/mol. The summed E-state index contributed by atoms with van der Waals surface area (Å²) in [6, 6.07) is 1.52. The highest BCUT2D eigenvalue weighted by Crippen LogP contribution is 2.22. The van der Waals surface area contributed by atoms with Gasteiger partial charge in [-0.05, 0) is 6.92 Å². The van der Waals surface area contributed by atoms with Crippen LogP contribution in [-0.4, -0.2) is 22.7 Å². The number of rotatable bonds is 3. The summed E-state index contributed by atoms with van der Waals surface area (Å²) in [6.07, 6.45) is 1.66. The lowest BCUT2D eigenvalue weighted by Crippen LogP contribution is -2.04. The van der Waals surface area contributed by atoms with Crippen molar-refractivity contribution in [3.63, 3.8) is 0 Å². The van der Waals surface area contributed by atoms with Gasteiger partial charge in [0, 0.05) is 17.6 Å². The molecule has 15 heavy (non-hydrogen) atoms. The van der Waals surface area contributed by atoms with Crippen molar-refractivity contribution in [2.75, 3.05) is 6.61 Å². The molecule has 2 aromatic rings. The van der Waals surface area contributed by atoms with Crippen LogP contribution in [0.1, 0.15) is 17.4 Å². The van der Waals surface area contributed by atoms with Crippen LogP contribution in [-0.2, 0) is 4.74 Å². The van der Waals surface area contributed by atoms with Gasteiger partial charge in [-0.1, -0.05) is 5.16 Å².